The van der Waals surface area contributed by atoms with Gasteiger partial charge in [0.2, 0.25) is 0 Å². The highest BCUT2D eigenvalue weighted by molar-refractivity contribution is 8.03. The number of nitrogens with two attached hydrogens (primary N) is 1. The summed E-state index contributed by atoms with van der Waals surface area (Å²) in [5.74, 6) is 1.61. The van der Waals surface area contributed by atoms with E-state index in [1.165, 1.54) is 9.47 Å². The number of hydrogen-bond donors (Lipinski definition) is 1. The van der Waals surface area contributed by atoms with Crippen LogP contribution in [0.25, 0.3) is 0 Å². The predicted molar refractivity (Wildman–Crippen MR) is 107 cm³/mol. The predicted octanol–water partition coefficient (Wildman–Crippen LogP) is 3.22. The van der Waals surface area contributed by atoms with E-state index in [1.807, 2.05) is 6.92 Å². The summed E-state index contributed by atoms with van der Waals surface area (Å²) in [6.07, 6.45) is 5.87. The Morgan fingerprint density at radius 2 is 2.04 bits per heavy atom. The molecule has 0 aromatic carbocycles. The van der Waals surface area contributed by atoms with Gasteiger partial charge in [0.05, 0.1) is 11.4 Å². The van der Waals surface area contributed by atoms with Crippen molar-refractivity contribution in [1.29, 1.82) is 0 Å². The maximum absolute atomic E-state index is 12.2. The normalized spacial score (nSPS) is 16.1. The maximum Gasteiger partial charge on any atom is 0.328 e. The van der Waals surface area contributed by atoms with E-state index in [2.05, 4.69) is 13.0 Å². The largest absolute Gasteiger partial charge is 0.395 e. The molecule has 0 bridgehead atoms. The lowest BCUT2D eigenvalue weighted by Gasteiger charge is -2.17. The average molecular weight is 382 g/mol. The minimum Gasteiger partial charge on any atom is -0.395 e. The third-order valence-corrected chi connectivity index (χ3v) is 6.19. The molecule has 1 aromatic heterocycles. The van der Waals surface area contributed by atoms with Gasteiger partial charge in [-0.25, -0.2) is 4.79 Å². The lowest BCUT2D eigenvalue weighted by atomic mass is 10.0. The SMILES string of the molecule is C/C(=C/CC(C)Cc1c(N)c(=S)n(C)c(=O)n1C)SCC(=O)C1CC1. The van der Waals surface area contributed by atoms with Crippen LogP contribution < -0.4 is 11.4 Å². The van der Waals surface area contributed by atoms with Gasteiger partial charge < -0.3 is 5.73 Å². The molecule has 25 heavy (non-hydrogen) atoms. The lowest BCUT2D eigenvalue weighted by Crippen LogP contribution is -2.31. The first-order valence-corrected chi connectivity index (χ1v) is 9.98. The summed E-state index contributed by atoms with van der Waals surface area (Å²) in [7, 11) is 3.37. The van der Waals surface area contributed by atoms with Crippen LogP contribution in [0.4, 0.5) is 5.69 Å². The molecular formula is C18H27N3O2S2. The van der Waals surface area contributed by atoms with E-state index < -0.39 is 0 Å². The Kier molecular flexibility index (Phi) is 6.68. The van der Waals surface area contributed by atoms with E-state index in [0.717, 1.165) is 25.0 Å². The number of nitrogens with zero attached hydrogens (tertiary/aromatic N) is 2. The van der Waals surface area contributed by atoms with Gasteiger partial charge in [-0.3, -0.25) is 13.9 Å². The van der Waals surface area contributed by atoms with Gasteiger partial charge in [-0.15, -0.1) is 11.8 Å². The molecule has 2 N–H and O–H groups in total. The number of thioether (sulfide) groups is 1. The van der Waals surface area contributed by atoms with Crippen molar-refractivity contribution in [3.8, 4) is 0 Å². The second-order valence-corrected chi connectivity index (χ2v) is 8.56. The van der Waals surface area contributed by atoms with Crippen molar-refractivity contribution in [2.45, 2.75) is 39.5 Å². The second-order valence-electron chi connectivity index (χ2n) is 6.96. The molecule has 0 spiro atoms. The van der Waals surface area contributed by atoms with Gasteiger partial charge >= 0.3 is 5.69 Å². The standard InChI is InChI=1S/C18H27N3O2S2/c1-11(5-6-12(2)25-10-15(22)13-7-8-13)9-14-16(19)17(24)21(4)18(23)20(14)3/h6,11,13H,5,7-10,19H2,1-4H3/b12-6-. The summed E-state index contributed by atoms with van der Waals surface area (Å²) in [6, 6.07) is 0. The van der Waals surface area contributed by atoms with Crippen molar-refractivity contribution in [3.63, 3.8) is 0 Å². The number of aromatic nitrogens is 2. The molecule has 138 valence electrons. The fourth-order valence-corrected chi connectivity index (χ4v) is 3.72. The average Bonchev–Trinajstić information content (AvgIpc) is 3.43. The zero-order chi connectivity index (χ0) is 18.7. The smallest absolute Gasteiger partial charge is 0.328 e. The quantitative estimate of drug-likeness (QED) is 0.700. The monoisotopic (exact) mass is 381 g/mol. The molecule has 0 aliphatic heterocycles. The van der Waals surface area contributed by atoms with E-state index in [9.17, 15) is 9.59 Å². The molecule has 1 unspecified atom stereocenters. The van der Waals surface area contributed by atoms with Crippen LogP contribution in [0.2, 0.25) is 0 Å². The van der Waals surface area contributed by atoms with Gasteiger partial charge in [-0.1, -0.05) is 25.2 Å². The maximum atomic E-state index is 12.2. The van der Waals surface area contributed by atoms with Gasteiger partial charge in [0.1, 0.15) is 10.4 Å². The molecule has 7 heteroatoms. The van der Waals surface area contributed by atoms with E-state index in [-0.39, 0.29) is 5.69 Å². The van der Waals surface area contributed by atoms with Gasteiger partial charge in [0, 0.05) is 25.7 Å². The van der Waals surface area contributed by atoms with Crippen LogP contribution >= 0.6 is 24.0 Å². The summed E-state index contributed by atoms with van der Waals surface area (Å²) in [5.41, 5.74) is 7.29. The van der Waals surface area contributed by atoms with Gasteiger partial charge in [-0.05, 0) is 43.4 Å². The van der Waals surface area contributed by atoms with Crippen molar-refractivity contribution < 1.29 is 4.79 Å². The van der Waals surface area contributed by atoms with E-state index in [1.54, 1.807) is 30.4 Å². The van der Waals surface area contributed by atoms with Crippen molar-refractivity contribution in [2.24, 2.45) is 25.9 Å². The Bertz CT molecular complexity index is 767. The minimum atomic E-state index is -0.151. The van der Waals surface area contributed by atoms with Crippen LogP contribution in [-0.2, 0) is 25.3 Å². The Hall–Kier alpha value is -1.34. The summed E-state index contributed by atoms with van der Waals surface area (Å²) in [4.78, 5) is 25.1. The van der Waals surface area contributed by atoms with Gasteiger partial charge in [0.15, 0.2) is 0 Å². The topological polar surface area (TPSA) is 70.0 Å². The Labute approximate surface area is 158 Å². The van der Waals surface area contributed by atoms with Crippen LogP contribution in [0, 0.1) is 16.5 Å². The highest BCUT2D eigenvalue weighted by atomic mass is 32.2. The third kappa shape index (κ3) is 5.07. The molecule has 1 aromatic rings. The zero-order valence-electron chi connectivity index (χ0n) is 15.4. The van der Waals surface area contributed by atoms with Crippen molar-refractivity contribution in [2.75, 3.05) is 11.5 Å². The number of allylic oxidation sites excluding steroid dienone is 2. The molecule has 5 nitrogen and oxygen atoms in total. The number of nitrogen functional groups attached to an aromatic ring is 1. The number of rotatable bonds is 8. The number of Topliss-reactive ketones (excluding diaryl/α,β-unsaturated/α-hetero) is 1. The first-order valence-electron chi connectivity index (χ1n) is 8.59. The Morgan fingerprint density at radius 1 is 1.40 bits per heavy atom. The van der Waals surface area contributed by atoms with Crippen molar-refractivity contribution in [3.05, 3.63) is 31.8 Å². The fourth-order valence-electron chi connectivity index (χ4n) is 2.71. The fraction of sp³-hybridized carbons (Fsp3) is 0.611. The number of ketones is 1. The van der Waals surface area contributed by atoms with Crippen molar-refractivity contribution >= 4 is 35.5 Å². The van der Waals surface area contributed by atoms with Crippen LogP contribution in [-0.4, -0.2) is 20.7 Å². The zero-order valence-corrected chi connectivity index (χ0v) is 17.0. The molecule has 1 fully saturated rings. The highest BCUT2D eigenvalue weighted by Gasteiger charge is 2.28. The Morgan fingerprint density at radius 3 is 2.64 bits per heavy atom. The lowest BCUT2D eigenvalue weighted by molar-refractivity contribution is -0.117. The molecule has 0 amide bonds. The molecule has 1 atom stereocenters. The van der Waals surface area contributed by atoms with Crippen molar-refractivity contribution in [1.82, 2.24) is 9.13 Å². The first-order chi connectivity index (χ1) is 11.7. The van der Waals surface area contributed by atoms with E-state index >= 15 is 0 Å². The molecule has 0 radical (unpaired) electrons. The second kappa shape index (κ2) is 8.36. The highest BCUT2D eigenvalue weighted by Crippen LogP contribution is 2.32. The summed E-state index contributed by atoms with van der Waals surface area (Å²) < 4.78 is 3.38. The number of carbonyl (C=O) groups is 1. The number of anilines is 1. The van der Waals surface area contributed by atoms with Gasteiger partial charge in [-0.2, -0.15) is 0 Å². The Balaban J connectivity index is 1.97. The molecular weight excluding hydrogens is 354 g/mol. The summed E-state index contributed by atoms with van der Waals surface area (Å²) in [5, 5.41) is 0. The van der Waals surface area contributed by atoms with Crippen LogP contribution in [0.1, 0.15) is 38.8 Å². The molecule has 0 saturated heterocycles. The van der Waals surface area contributed by atoms with Crippen LogP contribution in [0.15, 0.2) is 15.8 Å². The summed E-state index contributed by atoms with van der Waals surface area (Å²) in [6.45, 7) is 4.18. The van der Waals surface area contributed by atoms with Crippen LogP contribution in [0.3, 0.4) is 0 Å². The number of hydrogen-bond acceptors (Lipinski definition) is 5. The molecule has 1 heterocycles. The third-order valence-electron chi connectivity index (χ3n) is 4.65. The molecule has 1 aliphatic carbocycles. The molecule has 1 saturated carbocycles. The summed E-state index contributed by atoms with van der Waals surface area (Å²) >= 11 is 6.88. The first kappa shape index (κ1) is 20.0. The van der Waals surface area contributed by atoms with E-state index in [4.69, 9.17) is 18.0 Å². The molecule has 2 rings (SSSR count). The van der Waals surface area contributed by atoms with Crippen LogP contribution in [0.5, 0.6) is 0 Å². The van der Waals surface area contributed by atoms with Gasteiger partial charge in [0.25, 0.3) is 0 Å². The number of carbonyl (C=O) groups excluding carboxylic acids is 1. The molecule has 1 aliphatic rings. The van der Waals surface area contributed by atoms with E-state index in [0.29, 0.717) is 40.1 Å². The minimum absolute atomic E-state index is 0.151.